The maximum absolute atomic E-state index is 12.5. The lowest BCUT2D eigenvalue weighted by Crippen LogP contribution is -2.25. The van der Waals surface area contributed by atoms with Gasteiger partial charge >= 0.3 is 5.97 Å². The number of esters is 1. The molecule has 0 aromatic heterocycles. The number of para-hydroxylation sites is 1. The number of benzene rings is 3. The number of hydrogen-bond donors (Lipinski definition) is 1. The van der Waals surface area contributed by atoms with E-state index < -0.39 is 16.8 Å². The van der Waals surface area contributed by atoms with E-state index in [1.165, 1.54) is 36.0 Å². The number of carbonyl (C=O) groups excluding carboxylic acids is 2. The molecule has 0 aliphatic carbocycles. The van der Waals surface area contributed by atoms with Crippen molar-refractivity contribution in [1.82, 2.24) is 5.43 Å². The number of nitro groups is 1. The van der Waals surface area contributed by atoms with Crippen molar-refractivity contribution in [3.8, 4) is 11.5 Å². The van der Waals surface area contributed by atoms with Crippen molar-refractivity contribution in [3.05, 3.63) is 99.6 Å². The van der Waals surface area contributed by atoms with Crippen molar-refractivity contribution in [2.45, 2.75) is 46.5 Å². The molecule has 204 valence electrons. The number of amides is 1. The van der Waals surface area contributed by atoms with Gasteiger partial charge in [0.2, 0.25) is 0 Å². The molecule has 0 fully saturated rings. The standard InChI is InChI=1S/C30H33N3O6/c1-29(2,3)20-30(4,5)23-12-16-25(17-13-23)38-19-27(34)32-31-18-22-8-6-7-9-26(22)39-28(35)21-10-14-24(15-11-21)33(36)37/h6-18H,19-20H2,1-5H3,(H,32,34)/b31-18-. The topological polar surface area (TPSA) is 120 Å². The molecule has 9 nitrogen and oxygen atoms in total. The van der Waals surface area contributed by atoms with Crippen molar-refractivity contribution in [1.29, 1.82) is 0 Å². The molecule has 0 heterocycles. The number of non-ortho nitro benzene ring substituents is 1. The molecule has 0 aliphatic rings. The fraction of sp³-hybridized carbons (Fsp3) is 0.300. The van der Waals surface area contributed by atoms with Crippen molar-refractivity contribution in [3.63, 3.8) is 0 Å². The van der Waals surface area contributed by atoms with Crippen LogP contribution >= 0.6 is 0 Å². The van der Waals surface area contributed by atoms with Gasteiger partial charge in [-0.1, -0.05) is 58.9 Å². The Morgan fingerprint density at radius 3 is 2.21 bits per heavy atom. The van der Waals surface area contributed by atoms with Gasteiger partial charge in [0, 0.05) is 17.7 Å². The normalized spacial score (nSPS) is 11.7. The SMILES string of the molecule is CC(C)(C)CC(C)(C)c1ccc(OCC(=O)N/N=C\c2ccccc2OC(=O)c2ccc([N+](=O)[O-])cc2)cc1. The maximum Gasteiger partial charge on any atom is 0.343 e. The number of ether oxygens (including phenoxy) is 2. The zero-order chi connectivity index (χ0) is 28.6. The van der Waals surface area contributed by atoms with Crippen LogP contribution < -0.4 is 14.9 Å². The summed E-state index contributed by atoms with van der Waals surface area (Å²) in [4.78, 5) is 34.9. The molecular formula is C30H33N3O6. The molecular weight excluding hydrogens is 498 g/mol. The highest BCUT2D eigenvalue weighted by molar-refractivity contribution is 5.93. The Labute approximate surface area is 228 Å². The van der Waals surface area contributed by atoms with E-state index in [2.05, 4.69) is 45.1 Å². The van der Waals surface area contributed by atoms with Crippen LogP contribution in [0.5, 0.6) is 11.5 Å². The van der Waals surface area contributed by atoms with Crippen LogP contribution in [-0.4, -0.2) is 29.6 Å². The summed E-state index contributed by atoms with van der Waals surface area (Å²) < 4.78 is 11.0. The van der Waals surface area contributed by atoms with Gasteiger partial charge in [-0.2, -0.15) is 5.10 Å². The molecule has 39 heavy (non-hydrogen) atoms. The highest BCUT2D eigenvalue weighted by Gasteiger charge is 2.27. The summed E-state index contributed by atoms with van der Waals surface area (Å²) >= 11 is 0. The van der Waals surface area contributed by atoms with E-state index in [9.17, 15) is 19.7 Å². The minimum Gasteiger partial charge on any atom is -0.484 e. The summed E-state index contributed by atoms with van der Waals surface area (Å²) in [5.41, 5.74) is 4.28. The highest BCUT2D eigenvalue weighted by atomic mass is 16.6. The first kappa shape index (κ1) is 29.0. The molecule has 0 aliphatic heterocycles. The fourth-order valence-corrected chi connectivity index (χ4v) is 4.34. The first-order chi connectivity index (χ1) is 18.3. The van der Waals surface area contributed by atoms with E-state index in [-0.39, 0.29) is 34.4 Å². The lowest BCUT2D eigenvalue weighted by molar-refractivity contribution is -0.384. The first-order valence-electron chi connectivity index (χ1n) is 12.4. The Morgan fingerprint density at radius 1 is 0.949 bits per heavy atom. The van der Waals surface area contributed by atoms with Crippen LogP contribution in [0.1, 0.15) is 62.5 Å². The largest absolute Gasteiger partial charge is 0.484 e. The van der Waals surface area contributed by atoms with Crippen molar-refractivity contribution >= 4 is 23.8 Å². The number of nitro benzene ring substituents is 1. The van der Waals surface area contributed by atoms with Crippen LogP contribution in [0.2, 0.25) is 0 Å². The Bertz CT molecular complexity index is 1340. The third-order valence-electron chi connectivity index (χ3n) is 5.81. The van der Waals surface area contributed by atoms with Gasteiger partial charge in [0.25, 0.3) is 11.6 Å². The number of hydrazone groups is 1. The van der Waals surface area contributed by atoms with E-state index in [4.69, 9.17) is 9.47 Å². The summed E-state index contributed by atoms with van der Waals surface area (Å²) in [6.07, 6.45) is 2.38. The molecule has 0 bridgehead atoms. The Kier molecular flexibility index (Phi) is 9.19. The van der Waals surface area contributed by atoms with Gasteiger partial charge in [0.1, 0.15) is 11.5 Å². The fourth-order valence-electron chi connectivity index (χ4n) is 4.34. The van der Waals surface area contributed by atoms with E-state index in [0.29, 0.717) is 11.3 Å². The van der Waals surface area contributed by atoms with E-state index in [0.717, 1.165) is 6.42 Å². The van der Waals surface area contributed by atoms with Crippen molar-refractivity contribution in [2.75, 3.05) is 6.61 Å². The molecule has 1 amide bonds. The van der Waals surface area contributed by atoms with Crippen LogP contribution in [0, 0.1) is 15.5 Å². The van der Waals surface area contributed by atoms with Crippen molar-refractivity contribution < 1.29 is 24.0 Å². The van der Waals surface area contributed by atoms with Crippen LogP contribution in [0.15, 0.2) is 77.9 Å². The summed E-state index contributed by atoms with van der Waals surface area (Å²) in [5.74, 6) is -0.350. The minimum atomic E-state index is -0.684. The predicted molar refractivity (Wildman–Crippen MR) is 149 cm³/mol. The summed E-state index contributed by atoms with van der Waals surface area (Å²) in [6, 6.07) is 19.5. The van der Waals surface area contributed by atoms with Gasteiger partial charge in [-0.25, -0.2) is 10.2 Å². The third kappa shape index (κ3) is 8.77. The minimum absolute atomic E-state index is 0.00926. The zero-order valence-corrected chi connectivity index (χ0v) is 22.8. The molecule has 0 saturated heterocycles. The quantitative estimate of drug-likeness (QED) is 0.112. The monoisotopic (exact) mass is 531 g/mol. The predicted octanol–water partition coefficient (Wildman–Crippen LogP) is 6.06. The van der Waals surface area contributed by atoms with Crippen LogP contribution in [-0.2, 0) is 10.2 Å². The van der Waals surface area contributed by atoms with E-state index in [1.54, 1.807) is 24.3 Å². The summed E-state index contributed by atoms with van der Waals surface area (Å²) in [5, 5.41) is 14.7. The van der Waals surface area contributed by atoms with E-state index in [1.807, 2.05) is 24.3 Å². The smallest absolute Gasteiger partial charge is 0.343 e. The van der Waals surface area contributed by atoms with Crippen LogP contribution in [0.25, 0.3) is 0 Å². The molecule has 0 saturated carbocycles. The Hall–Kier alpha value is -4.53. The molecule has 0 radical (unpaired) electrons. The highest BCUT2D eigenvalue weighted by Crippen LogP contribution is 2.36. The molecule has 9 heteroatoms. The summed E-state index contributed by atoms with van der Waals surface area (Å²) in [6.45, 7) is 10.9. The molecule has 3 rings (SSSR count). The summed E-state index contributed by atoms with van der Waals surface area (Å²) in [7, 11) is 0. The number of carbonyl (C=O) groups is 2. The second-order valence-corrected chi connectivity index (χ2v) is 11.0. The zero-order valence-electron chi connectivity index (χ0n) is 22.8. The lowest BCUT2D eigenvalue weighted by atomic mass is 9.72. The number of hydrogen-bond acceptors (Lipinski definition) is 7. The number of nitrogens with one attached hydrogen (secondary N) is 1. The molecule has 0 unspecified atom stereocenters. The Morgan fingerprint density at radius 2 is 1.59 bits per heavy atom. The number of nitrogens with zero attached hydrogens (tertiary/aromatic N) is 2. The van der Waals surface area contributed by atoms with Crippen LogP contribution in [0.3, 0.4) is 0 Å². The first-order valence-corrected chi connectivity index (χ1v) is 12.4. The van der Waals surface area contributed by atoms with Gasteiger partial charge in [-0.05, 0) is 59.2 Å². The van der Waals surface area contributed by atoms with Gasteiger partial charge in [-0.3, -0.25) is 14.9 Å². The Balaban J connectivity index is 1.53. The number of rotatable bonds is 10. The van der Waals surface area contributed by atoms with Crippen molar-refractivity contribution in [2.24, 2.45) is 10.5 Å². The lowest BCUT2D eigenvalue weighted by Gasteiger charge is -2.33. The molecule has 3 aromatic rings. The van der Waals surface area contributed by atoms with Gasteiger partial charge in [-0.15, -0.1) is 0 Å². The average Bonchev–Trinajstić information content (AvgIpc) is 2.87. The molecule has 0 atom stereocenters. The average molecular weight is 532 g/mol. The van der Waals surface area contributed by atoms with Gasteiger partial charge in [0.15, 0.2) is 6.61 Å². The maximum atomic E-state index is 12.5. The molecule has 3 aromatic carbocycles. The molecule has 1 N–H and O–H groups in total. The second-order valence-electron chi connectivity index (χ2n) is 11.0. The van der Waals surface area contributed by atoms with Gasteiger partial charge < -0.3 is 9.47 Å². The third-order valence-corrected chi connectivity index (χ3v) is 5.81. The van der Waals surface area contributed by atoms with Gasteiger partial charge in [0.05, 0.1) is 16.7 Å². The molecule has 0 spiro atoms. The van der Waals surface area contributed by atoms with E-state index >= 15 is 0 Å². The van der Waals surface area contributed by atoms with Crippen LogP contribution in [0.4, 0.5) is 5.69 Å². The second kappa shape index (κ2) is 12.3.